The molecule has 0 aliphatic heterocycles. The van der Waals surface area contributed by atoms with E-state index in [1.807, 2.05) is 0 Å². The Balaban J connectivity index is 0.000000104. The average Bonchev–Trinajstić information content (AvgIpc) is 1.38. The Morgan fingerprint density at radius 1 is 0.245 bits per heavy atom. The van der Waals surface area contributed by atoms with Crippen LogP contribution in [0.4, 0.5) is 0 Å². The van der Waals surface area contributed by atoms with Crippen molar-refractivity contribution < 1.29 is 22.8 Å². The van der Waals surface area contributed by atoms with Crippen LogP contribution in [0.3, 0.4) is 0 Å². The number of fused-ring (bicyclic) bond motifs is 8. The number of nitrogens with zero attached hydrogens (tertiary/aromatic N) is 5. The molecule has 0 unspecified atom stereocenters. The van der Waals surface area contributed by atoms with Crippen LogP contribution >= 0.6 is 0 Å². The first-order chi connectivity index (χ1) is 53.4. The van der Waals surface area contributed by atoms with Gasteiger partial charge in [0.2, 0.25) is 28.5 Å². The second-order valence-electron chi connectivity index (χ2n) is 37.1. The molecule has 5 spiro atoms. The van der Waals surface area contributed by atoms with Gasteiger partial charge >= 0.3 is 0 Å². The van der Waals surface area contributed by atoms with Gasteiger partial charge in [0.25, 0.3) is 0 Å². The molecule has 5 heterocycles. The van der Waals surface area contributed by atoms with E-state index in [1.54, 1.807) is 55.6 Å². The molecular weight excluding hydrogens is 1330 g/mol. The van der Waals surface area contributed by atoms with Gasteiger partial charge < -0.3 is 0 Å². The molecule has 0 radical (unpaired) electrons. The molecule has 5 aromatic carbocycles. The van der Waals surface area contributed by atoms with Gasteiger partial charge in [0.1, 0.15) is 35.2 Å². The van der Waals surface area contributed by atoms with Crippen molar-refractivity contribution in [2.75, 3.05) is 0 Å². The van der Waals surface area contributed by atoms with Crippen molar-refractivity contribution in [1.29, 1.82) is 0 Å². The first-order valence-electron chi connectivity index (χ1n) is 43.9. The minimum Gasteiger partial charge on any atom is -0.201 e. The molecule has 110 heavy (non-hydrogen) atoms. The number of aryl methyl sites for hydroxylation is 14. The number of pyridine rings is 5. The van der Waals surface area contributed by atoms with Crippen LogP contribution in [0.15, 0.2) is 183 Å². The Kier molecular flexibility index (Phi) is 22.2. The molecule has 5 aromatic heterocycles. The predicted octanol–water partition coefficient (Wildman–Crippen LogP) is 23.0. The monoisotopic (exact) mass is 1460 g/mol. The molecule has 10 aliphatic rings. The Hall–Kier alpha value is -8.15. The molecule has 20 rings (SSSR count). The van der Waals surface area contributed by atoms with E-state index in [0.29, 0.717) is 27.1 Å². The van der Waals surface area contributed by atoms with Crippen LogP contribution in [0.25, 0.3) is 56.3 Å². The second kappa shape index (κ2) is 32.1. The van der Waals surface area contributed by atoms with Gasteiger partial charge in [0, 0.05) is 91.4 Å². The van der Waals surface area contributed by atoms with Crippen molar-refractivity contribution >= 4 is 0 Å². The Morgan fingerprint density at radius 2 is 0.582 bits per heavy atom. The van der Waals surface area contributed by atoms with Gasteiger partial charge in [-0.05, 0) is 303 Å². The molecule has 0 N–H and O–H groups in total. The van der Waals surface area contributed by atoms with Crippen LogP contribution < -0.4 is 22.8 Å². The summed E-state index contributed by atoms with van der Waals surface area (Å²) in [5.74, 6) is 0. The fraction of sp³-hybridized carbons (Fsp3) is 0.476. The van der Waals surface area contributed by atoms with Crippen molar-refractivity contribution in [2.24, 2.45) is 46.1 Å². The summed E-state index contributed by atoms with van der Waals surface area (Å²) in [7, 11) is 11.0. The maximum absolute atomic E-state index is 2.53. The lowest BCUT2D eigenvalue weighted by Gasteiger charge is -2.35. The Bertz CT molecular complexity index is 4970. The van der Waals surface area contributed by atoms with Gasteiger partial charge in [-0.15, -0.1) is 0 Å². The van der Waals surface area contributed by atoms with E-state index in [-0.39, 0.29) is 0 Å². The van der Waals surface area contributed by atoms with E-state index in [1.165, 1.54) is 309 Å². The highest BCUT2D eigenvalue weighted by Crippen LogP contribution is 2.54. The molecule has 10 aromatic rings. The van der Waals surface area contributed by atoms with Crippen molar-refractivity contribution in [2.45, 2.75) is 276 Å². The minimum absolute atomic E-state index is 0.499. The van der Waals surface area contributed by atoms with Crippen molar-refractivity contribution in [3.05, 3.63) is 266 Å². The van der Waals surface area contributed by atoms with E-state index >= 15 is 0 Å². The van der Waals surface area contributed by atoms with Crippen LogP contribution in [0, 0.1) is 45.4 Å². The van der Waals surface area contributed by atoms with Crippen LogP contribution in [0.2, 0.25) is 0 Å². The van der Waals surface area contributed by atoms with Crippen molar-refractivity contribution in [3.8, 4) is 56.3 Å². The van der Waals surface area contributed by atoms with E-state index < -0.39 is 0 Å². The molecule has 0 amide bonds. The van der Waals surface area contributed by atoms with E-state index in [9.17, 15) is 0 Å². The molecule has 5 fully saturated rings. The number of hydrogen-bond donors (Lipinski definition) is 0. The third kappa shape index (κ3) is 15.1. The van der Waals surface area contributed by atoms with Gasteiger partial charge in [0.05, 0.1) is 0 Å². The molecule has 0 bridgehead atoms. The van der Waals surface area contributed by atoms with E-state index in [2.05, 4.69) is 275 Å². The number of rotatable bonds is 5. The SMILES string of the molecule is Cc1ccccc1-c1c2c(cc[n+]1C)C1(CCCC1)CCC2.Cc1ccccc1-c1cc2c(c[n+]1C)C1(CCCC1)CCC2.Cc1ccccc1-c1cc2c(c[n+]1C)CC1(CCCC1)CC2.Cc1ccccc1-c1cc2c(c[n+]1C)CCC1(CCCC1)C2.Cc1ccccc1-c1cc2c(c[n+]1C)CCCC21CCCC1. The van der Waals surface area contributed by atoms with Gasteiger partial charge in [-0.1, -0.05) is 155 Å². The molecule has 570 valence electrons. The summed E-state index contributed by atoms with van der Waals surface area (Å²) in [5.41, 5.74) is 39.7. The molecule has 0 saturated heterocycles. The predicted molar refractivity (Wildman–Crippen MR) is 454 cm³/mol. The molecule has 5 nitrogen and oxygen atoms in total. The van der Waals surface area contributed by atoms with E-state index in [4.69, 9.17) is 0 Å². The summed E-state index contributed by atoms with van der Waals surface area (Å²) in [5, 5.41) is 0. The second-order valence-corrected chi connectivity index (χ2v) is 37.1. The largest absolute Gasteiger partial charge is 0.216 e. The highest BCUT2D eigenvalue weighted by Gasteiger charge is 2.46. The molecule has 5 heteroatoms. The molecule has 0 atom stereocenters. The van der Waals surface area contributed by atoms with Gasteiger partial charge in [-0.2, -0.15) is 0 Å². The summed E-state index contributed by atoms with van der Waals surface area (Å²) >= 11 is 0. The zero-order valence-corrected chi connectivity index (χ0v) is 69.3. The van der Waals surface area contributed by atoms with Crippen LogP contribution in [-0.2, 0) is 96.4 Å². The Labute approximate surface area is 662 Å². The number of aromatic nitrogens is 5. The lowest BCUT2D eigenvalue weighted by atomic mass is 9.68. The topological polar surface area (TPSA) is 19.4 Å². The lowest BCUT2D eigenvalue weighted by molar-refractivity contribution is -0.661. The smallest absolute Gasteiger partial charge is 0.201 e. The molecule has 5 saturated carbocycles. The fourth-order valence-corrected chi connectivity index (χ4v) is 24.0. The summed E-state index contributed by atoms with van der Waals surface area (Å²) in [6.45, 7) is 11.1. The van der Waals surface area contributed by atoms with Crippen LogP contribution in [0.5, 0.6) is 0 Å². The summed E-state index contributed by atoms with van der Waals surface area (Å²) in [6.07, 6.45) is 60.6. The minimum atomic E-state index is 0.499. The standard InChI is InChI=1S/5C21H26N/c1-16-8-3-4-10-18(16)20-14-19-17(15-22(20)2)9-7-13-21(19)11-5-6-12-21;1-16-8-3-4-10-18(16)20-14-17-9-7-13-21(11-5-6-12-21)19(17)15-22(20)2;1-16-8-3-4-9-17(16)20-18-10-7-14-21(12-5-6-13-21)19(18)11-15-22(20)2;1-16-7-3-4-8-19(16)20-13-18-14-21(10-5-6-11-21)12-9-17(18)15-22(20)2;1-16-7-3-4-8-19(16)20-13-17-9-12-21(10-5-6-11-21)14-18(17)15-22(20)2/h2*3-4,8,10,14-15H,5-7,9,11-13H2,1-2H3;3-4,8-9,11,15H,5-7,10,12-14H2,1-2H3;2*3-4,7-8,13,15H,5-6,9-12,14H2,1-2H3/q5*+1. The molecule has 10 aliphatic carbocycles. The summed E-state index contributed by atoms with van der Waals surface area (Å²) < 4.78 is 11.7. The third-order valence-corrected chi connectivity index (χ3v) is 30.1. The first-order valence-corrected chi connectivity index (χ1v) is 43.9. The lowest BCUT2D eigenvalue weighted by Crippen LogP contribution is -2.37. The average molecular weight is 1460 g/mol. The van der Waals surface area contributed by atoms with Gasteiger partial charge in [0.15, 0.2) is 31.0 Å². The zero-order valence-electron chi connectivity index (χ0n) is 69.3. The third-order valence-electron chi connectivity index (χ3n) is 30.1. The van der Waals surface area contributed by atoms with Crippen molar-refractivity contribution in [3.63, 3.8) is 0 Å². The maximum atomic E-state index is 2.53. The number of hydrogen-bond acceptors (Lipinski definition) is 0. The van der Waals surface area contributed by atoms with Crippen LogP contribution in [-0.4, -0.2) is 0 Å². The fourth-order valence-electron chi connectivity index (χ4n) is 24.0. The van der Waals surface area contributed by atoms with E-state index in [0.717, 1.165) is 0 Å². The zero-order chi connectivity index (χ0) is 75.8. The van der Waals surface area contributed by atoms with Gasteiger partial charge in [-0.25, -0.2) is 22.8 Å². The highest BCUT2D eigenvalue weighted by atomic mass is 14.9. The number of benzene rings is 5. The normalized spacial score (nSPS) is 19.4. The highest BCUT2D eigenvalue weighted by molar-refractivity contribution is 5.68. The maximum Gasteiger partial charge on any atom is 0.216 e. The first kappa shape index (κ1) is 75.9. The van der Waals surface area contributed by atoms with Crippen LogP contribution in [0.1, 0.15) is 263 Å². The summed E-state index contributed by atoms with van der Waals surface area (Å²) in [4.78, 5) is 0. The van der Waals surface area contributed by atoms with Gasteiger partial charge in [-0.3, -0.25) is 0 Å². The quantitative estimate of drug-likeness (QED) is 0.153. The van der Waals surface area contributed by atoms with Crippen molar-refractivity contribution in [1.82, 2.24) is 0 Å². The Morgan fingerprint density at radius 3 is 1.05 bits per heavy atom. The molecular formula is C105H130N5+5. The summed E-state index contributed by atoms with van der Waals surface area (Å²) in [6, 6.07) is 56.3.